The molecule has 0 aliphatic carbocycles. The molecule has 2 N–H and O–H groups in total. The summed E-state index contributed by atoms with van der Waals surface area (Å²) in [6.07, 6.45) is 4.66. The molecule has 2 amide bonds. The summed E-state index contributed by atoms with van der Waals surface area (Å²) in [7, 11) is 0. The number of pyridine rings is 1. The molecule has 0 aliphatic rings. The van der Waals surface area contributed by atoms with Crippen molar-refractivity contribution in [3.05, 3.63) is 95.9 Å². The van der Waals surface area contributed by atoms with Crippen LogP contribution in [0.1, 0.15) is 39.0 Å². The normalized spacial score (nSPS) is 11.8. The van der Waals surface area contributed by atoms with Gasteiger partial charge < -0.3 is 10.6 Å². The third-order valence-electron chi connectivity index (χ3n) is 5.01. The molecule has 2 heterocycles. The molecule has 2 aromatic heterocycles. The van der Waals surface area contributed by atoms with Gasteiger partial charge in [-0.1, -0.05) is 24.3 Å². The molecule has 0 saturated heterocycles. The highest BCUT2D eigenvalue weighted by atomic mass is 32.2. The molecule has 1 atom stereocenters. The number of aromatic nitrogens is 3. The molecule has 0 radical (unpaired) electrons. The van der Waals surface area contributed by atoms with Crippen LogP contribution in [0.25, 0.3) is 5.65 Å². The summed E-state index contributed by atoms with van der Waals surface area (Å²) in [6.45, 7) is 0. The van der Waals surface area contributed by atoms with Gasteiger partial charge in [0.25, 0.3) is 11.8 Å². The van der Waals surface area contributed by atoms with Crippen LogP contribution < -0.4 is 10.6 Å². The average molecular weight is 446 g/mol. The van der Waals surface area contributed by atoms with Crippen molar-refractivity contribution in [1.82, 2.24) is 19.9 Å². The van der Waals surface area contributed by atoms with Crippen molar-refractivity contribution in [3.63, 3.8) is 0 Å². The van der Waals surface area contributed by atoms with Crippen LogP contribution in [0.5, 0.6) is 0 Å². The number of rotatable bonds is 8. The van der Waals surface area contributed by atoms with Crippen molar-refractivity contribution >= 4 is 34.9 Å². The molecule has 8 heteroatoms. The van der Waals surface area contributed by atoms with Crippen LogP contribution in [-0.2, 0) is 0 Å². The number of hydrogen-bond acceptors (Lipinski definition) is 5. The summed E-state index contributed by atoms with van der Waals surface area (Å²) in [4.78, 5) is 25.3. The highest BCUT2D eigenvalue weighted by molar-refractivity contribution is 7.98. The largest absolute Gasteiger partial charge is 0.342 e. The molecular weight excluding hydrogens is 422 g/mol. The monoisotopic (exact) mass is 445 g/mol. The van der Waals surface area contributed by atoms with Gasteiger partial charge in [0.15, 0.2) is 11.5 Å². The quantitative estimate of drug-likeness (QED) is 0.424. The van der Waals surface area contributed by atoms with Gasteiger partial charge in [-0.25, -0.2) is 0 Å². The topological polar surface area (TPSA) is 88.4 Å². The van der Waals surface area contributed by atoms with E-state index < -0.39 is 0 Å². The number of fused-ring (bicyclic) bond motifs is 1. The van der Waals surface area contributed by atoms with E-state index >= 15 is 0 Å². The number of carbonyl (C=O) groups excluding carboxylic acids is 2. The van der Waals surface area contributed by atoms with Gasteiger partial charge in [0.2, 0.25) is 0 Å². The Kier molecular flexibility index (Phi) is 6.81. The van der Waals surface area contributed by atoms with E-state index in [-0.39, 0.29) is 17.9 Å². The van der Waals surface area contributed by atoms with Crippen LogP contribution in [-0.4, -0.2) is 38.4 Å². The third-order valence-corrected chi connectivity index (χ3v) is 5.65. The SMILES string of the molecule is CSCCC(NC(=O)c1ccc(NC(=O)c2ccccc2)cc1)c1nnc2ccccn12. The van der Waals surface area contributed by atoms with Crippen LogP contribution in [0, 0.1) is 0 Å². The minimum atomic E-state index is -0.273. The molecule has 0 aliphatic heterocycles. The lowest BCUT2D eigenvalue weighted by molar-refractivity contribution is 0.0933. The fraction of sp³-hybridized carbons (Fsp3) is 0.167. The van der Waals surface area contributed by atoms with Crippen LogP contribution in [0.3, 0.4) is 0 Å². The zero-order valence-electron chi connectivity index (χ0n) is 17.6. The molecule has 0 saturated carbocycles. The van der Waals surface area contributed by atoms with Crippen molar-refractivity contribution in [2.24, 2.45) is 0 Å². The molecule has 0 fully saturated rings. The van der Waals surface area contributed by atoms with E-state index in [1.54, 1.807) is 48.2 Å². The Morgan fingerprint density at radius 3 is 2.38 bits per heavy atom. The summed E-state index contributed by atoms with van der Waals surface area (Å²) in [5.41, 5.74) is 2.44. The van der Waals surface area contributed by atoms with E-state index in [4.69, 9.17) is 0 Å². The smallest absolute Gasteiger partial charge is 0.255 e. The van der Waals surface area contributed by atoms with E-state index in [0.29, 0.717) is 22.6 Å². The lowest BCUT2D eigenvalue weighted by Crippen LogP contribution is -2.30. The number of nitrogens with zero attached hydrogens (tertiary/aromatic N) is 3. The molecule has 0 bridgehead atoms. The average Bonchev–Trinajstić information content (AvgIpc) is 3.27. The van der Waals surface area contributed by atoms with E-state index in [1.165, 1.54) is 0 Å². The number of hydrogen-bond donors (Lipinski definition) is 2. The maximum atomic E-state index is 12.9. The number of nitrogens with one attached hydrogen (secondary N) is 2. The Hall–Kier alpha value is -3.65. The van der Waals surface area contributed by atoms with Crippen molar-refractivity contribution in [2.75, 3.05) is 17.3 Å². The second-order valence-corrected chi connectivity index (χ2v) is 8.18. The summed E-state index contributed by atoms with van der Waals surface area (Å²) >= 11 is 1.71. The van der Waals surface area contributed by atoms with Crippen molar-refractivity contribution in [2.45, 2.75) is 12.5 Å². The highest BCUT2D eigenvalue weighted by Gasteiger charge is 2.21. The number of thioether (sulfide) groups is 1. The molecule has 4 rings (SSSR count). The van der Waals surface area contributed by atoms with Crippen LogP contribution >= 0.6 is 11.8 Å². The number of carbonyl (C=O) groups is 2. The molecule has 7 nitrogen and oxygen atoms in total. The molecule has 2 aromatic carbocycles. The van der Waals surface area contributed by atoms with Crippen molar-refractivity contribution in [1.29, 1.82) is 0 Å². The van der Waals surface area contributed by atoms with Crippen LogP contribution in [0.4, 0.5) is 5.69 Å². The van der Waals surface area contributed by atoms with Gasteiger partial charge in [-0.15, -0.1) is 10.2 Å². The standard InChI is InChI=1S/C24H23N5O2S/c1-32-16-14-20(22-28-27-21-9-5-6-15-29(21)22)26-24(31)18-10-12-19(13-11-18)25-23(30)17-7-3-2-4-8-17/h2-13,15,20H,14,16H2,1H3,(H,25,30)(H,26,31). The zero-order valence-corrected chi connectivity index (χ0v) is 18.4. The first kappa shape index (κ1) is 21.6. The minimum Gasteiger partial charge on any atom is -0.342 e. The van der Waals surface area contributed by atoms with Crippen LogP contribution in [0.15, 0.2) is 79.0 Å². The first-order valence-electron chi connectivity index (χ1n) is 10.2. The number of amides is 2. The van der Waals surface area contributed by atoms with E-state index in [9.17, 15) is 9.59 Å². The summed E-state index contributed by atoms with van der Waals surface area (Å²) in [6, 6.07) is 21.3. The Morgan fingerprint density at radius 2 is 1.62 bits per heavy atom. The Bertz CT molecular complexity index is 1210. The fourth-order valence-electron chi connectivity index (χ4n) is 3.34. The lowest BCUT2D eigenvalue weighted by atomic mass is 10.1. The van der Waals surface area contributed by atoms with Crippen molar-refractivity contribution in [3.8, 4) is 0 Å². The molecular formula is C24H23N5O2S. The van der Waals surface area contributed by atoms with Gasteiger partial charge in [-0.3, -0.25) is 14.0 Å². The van der Waals surface area contributed by atoms with E-state index in [0.717, 1.165) is 17.8 Å². The van der Waals surface area contributed by atoms with Crippen LogP contribution in [0.2, 0.25) is 0 Å². The van der Waals surface area contributed by atoms with Gasteiger partial charge in [0.05, 0.1) is 6.04 Å². The lowest BCUT2D eigenvalue weighted by Gasteiger charge is -2.17. The third kappa shape index (κ3) is 4.97. The first-order valence-corrected chi connectivity index (χ1v) is 11.6. The minimum absolute atomic E-state index is 0.196. The first-order chi connectivity index (χ1) is 15.7. The van der Waals surface area contributed by atoms with Gasteiger partial charge >= 0.3 is 0 Å². The highest BCUT2D eigenvalue weighted by Crippen LogP contribution is 2.19. The summed E-state index contributed by atoms with van der Waals surface area (Å²) in [5.74, 6) is 1.18. The van der Waals surface area contributed by atoms with Gasteiger partial charge in [-0.05, 0) is 67.0 Å². The maximum Gasteiger partial charge on any atom is 0.255 e. The Labute approximate surface area is 190 Å². The summed E-state index contributed by atoms with van der Waals surface area (Å²) < 4.78 is 1.90. The second-order valence-electron chi connectivity index (χ2n) is 7.19. The molecule has 32 heavy (non-hydrogen) atoms. The zero-order chi connectivity index (χ0) is 22.3. The Morgan fingerprint density at radius 1 is 0.906 bits per heavy atom. The maximum absolute atomic E-state index is 12.9. The second kappa shape index (κ2) is 10.1. The predicted molar refractivity (Wildman–Crippen MR) is 127 cm³/mol. The molecule has 4 aromatic rings. The number of anilines is 1. The molecule has 1 unspecified atom stereocenters. The van der Waals surface area contributed by atoms with E-state index in [1.807, 2.05) is 53.3 Å². The fourth-order valence-corrected chi connectivity index (χ4v) is 3.81. The summed E-state index contributed by atoms with van der Waals surface area (Å²) in [5, 5.41) is 14.4. The Balaban J connectivity index is 1.47. The van der Waals surface area contributed by atoms with Gasteiger partial charge in [0, 0.05) is 23.0 Å². The van der Waals surface area contributed by atoms with Crippen molar-refractivity contribution < 1.29 is 9.59 Å². The van der Waals surface area contributed by atoms with Gasteiger partial charge in [0.1, 0.15) is 0 Å². The predicted octanol–water partition coefficient (Wildman–Crippen LogP) is 4.21. The molecule has 162 valence electrons. The van der Waals surface area contributed by atoms with E-state index in [2.05, 4.69) is 20.8 Å². The number of benzene rings is 2. The van der Waals surface area contributed by atoms with Gasteiger partial charge in [-0.2, -0.15) is 11.8 Å². The molecule has 0 spiro atoms.